The number of carbonyl (C=O) groups excluding carboxylic acids is 1. The van der Waals surface area contributed by atoms with Crippen molar-refractivity contribution >= 4 is 11.7 Å². The van der Waals surface area contributed by atoms with Crippen LogP contribution in [0, 0.1) is 0 Å². The highest BCUT2D eigenvalue weighted by Gasteiger charge is 2.48. The number of nitrogens with one attached hydrogen (secondary N) is 1. The molecule has 1 saturated carbocycles. The first-order chi connectivity index (χ1) is 12.4. The summed E-state index contributed by atoms with van der Waals surface area (Å²) in [5, 5.41) is 23.3. The maximum absolute atomic E-state index is 12.2. The maximum atomic E-state index is 12.2. The van der Waals surface area contributed by atoms with Crippen LogP contribution in [0.4, 0.5) is 5.82 Å². The van der Waals surface area contributed by atoms with E-state index in [1.54, 1.807) is 19.2 Å². The van der Waals surface area contributed by atoms with Gasteiger partial charge in [0.25, 0.3) is 5.91 Å². The molecule has 2 aliphatic heterocycles. The van der Waals surface area contributed by atoms with E-state index in [0.29, 0.717) is 18.0 Å². The monoisotopic (exact) mass is 361 g/mol. The fourth-order valence-electron chi connectivity index (χ4n) is 3.95. The first-order valence-corrected chi connectivity index (χ1v) is 9.43. The standard InChI is InChI=1S/C19H27N3O4/c1-18(25)12-19(26-11-15(18)23)5-8-22(9-6-19)16-10-13(4-7-20-16)17(24)21-14-2-3-14/h4,7,10,14-15,23,25H,2-3,5-6,8-9,11-12H2,1H3,(H,21,24)/t15-,18-/m0/s1. The SMILES string of the molecule is C[C@]1(O)CC2(CCN(c3cc(C(=O)NC4CC4)ccn3)CC2)OC[C@@H]1O. The van der Waals surface area contributed by atoms with Crippen LogP contribution in [0.1, 0.15) is 49.4 Å². The summed E-state index contributed by atoms with van der Waals surface area (Å²) in [6.45, 7) is 3.33. The van der Waals surface area contributed by atoms with Crippen molar-refractivity contribution in [2.45, 2.75) is 62.4 Å². The van der Waals surface area contributed by atoms with E-state index in [4.69, 9.17) is 4.74 Å². The lowest BCUT2D eigenvalue weighted by molar-refractivity contribution is -0.216. The van der Waals surface area contributed by atoms with E-state index in [2.05, 4.69) is 15.2 Å². The lowest BCUT2D eigenvalue weighted by Gasteiger charge is -2.50. The molecule has 7 heteroatoms. The quantitative estimate of drug-likeness (QED) is 0.739. The Morgan fingerprint density at radius 1 is 1.38 bits per heavy atom. The molecule has 3 N–H and O–H groups in total. The normalized spacial score (nSPS) is 31.0. The van der Waals surface area contributed by atoms with Gasteiger partial charge in [-0.2, -0.15) is 0 Å². The molecule has 3 heterocycles. The molecule has 1 aromatic rings. The van der Waals surface area contributed by atoms with Gasteiger partial charge in [-0.15, -0.1) is 0 Å². The smallest absolute Gasteiger partial charge is 0.251 e. The van der Waals surface area contributed by atoms with Gasteiger partial charge in [0.15, 0.2) is 0 Å². The van der Waals surface area contributed by atoms with Gasteiger partial charge in [-0.1, -0.05) is 0 Å². The Balaban J connectivity index is 1.41. The lowest BCUT2D eigenvalue weighted by atomic mass is 9.76. The van der Waals surface area contributed by atoms with Crippen molar-refractivity contribution in [1.29, 1.82) is 0 Å². The molecule has 3 aliphatic rings. The van der Waals surface area contributed by atoms with Gasteiger partial charge in [-0.3, -0.25) is 4.79 Å². The van der Waals surface area contributed by atoms with Crippen LogP contribution in [0.2, 0.25) is 0 Å². The lowest BCUT2D eigenvalue weighted by Crippen LogP contribution is -2.59. The van der Waals surface area contributed by atoms with Crippen molar-refractivity contribution in [2.75, 3.05) is 24.6 Å². The van der Waals surface area contributed by atoms with Crippen molar-refractivity contribution in [1.82, 2.24) is 10.3 Å². The number of aliphatic hydroxyl groups excluding tert-OH is 1. The molecule has 0 radical (unpaired) electrons. The number of anilines is 1. The van der Waals surface area contributed by atoms with E-state index in [-0.39, 0.29) is 18.1 Å². The zero-order valence-electron chi connectivity index (χ0n) is 15.1. The number of ether oxygens (including phenoxy) is 1. The molecule has 1 spiro atoms. The molecule has 0 unspecified atom stereocenters. The molecule has 2 saturated heterocycles. The zero-order valence-corrected chi connectivity index (χ0v) is 15.1. The summed E-state index contributed by atoms with van der Waals surface area (Å²) < 4.78 is 5.93. The highest BCUT2D eigenvalue weighted by Crippen LogP contribution is 2.40. The van der Waals surface area contributed by atoms with Crippen molar-refractivity contribution in [3.8, 4) is 0 Å². The van der Waals surface area contributed by atoms with E-state index in [1.165, 1.54) is 0 Å². The predicted octanol–water partition coefficient (Wildman–Crippen LogP) is 0.845. The number of aliphatic hydroxyl groups is 2. The van der Waals surface area contributed by atoms with E-state index < -0.39 is 11.7 Å². The summed E-state index contributed by atoms with van der Waals surface area (Å²) in [6.07, 6.45) is 4.93. The van der Waals surface area contributed by atoms with E-state index in [0.717, 1.165) is 44.6 Å². The number of carbonyl (C=O) groups is 1. The first-order valence-electron chi connectivity index (χ1n) is 9.43. The van der Waals surface area contributed by atoms with Gasteiger partial charge in [0.2, 0.25) is 0 Å². The van der Waals surface area contributed by atoms with Gasteiger partial charge >= 0.3 is 0 Å². The summed E-state index contributed by atoms with van der Waals surface area (Å²) in [6, 6.07) is 3.92. The molecule has 142 valence electrons. The van der Waals surface area contributed by atoms with Crippen LogP contribution >= 0.6 is 0 Å². The van der Waals surface area contributed by atoms with E-state index >= 15 is 0 Å². The molecule has 1 aromatic heterocycles. The average molecular weight is 361 g/mol. The van der Waals surface area contributed by atoms with Crippen molar-refractivity contribution in [3.63, 3.8) is 0 Å². The molecule has 0 bridgehead atoms. The molecular weight excluding hydrogens is 334 g/mol. The fourth-order valence-corrected chi connectivity index (χ4v) is 3.95. The molecule has 3 fully saturated rings. The first kappa shape index (κ1) is 17.7. The minimum Gasteiger partial charge on any atom is -0.388 e. The molecule has 1 amide bonds. The highest BCUT2D eigenvalue weighted by molar-refractivity contribution is 5.95. The number of aromatic nitrogens is 1. The Bertz CT molecular complexity index is 681. The molecule has 26 heavy (non-hydrogen) atoms. The molecule has 2 atom stereocenters. The average Bonchev–Trinajstić information content (AvgIpc) is 3.43. The Kier molecular flexibility index (Phi) is 4.41. The molecule has 1 aliphatic carbocycles. The van der Waals surface area contributed by atoms with Crippen LogP contribution in [0.15, 0.2) is 18.3 Å². The summed E-state index contributed by atoms with van der Waals surface area (Å²) in [5.41, 5.74) is -0.859. The van der Waals surface area contributed by atoms with Crippen LogP contribution in [0.5, 0.6) is 0 Å². The molecule has 0 aromatic carbocycles. The summed E-state index contributed by atoms with van der Waals surface area (Å²) in [7, 11) is 0. The third kappa shape index (κ3) is 3.56. The molecular formula is C19H27N3O4. The number of amides is 1. The second-order valence-corrected chi connectivity index (χ2v) is 8.18. The zero-order chi connectivity index (χ0) is 18.4. The van der Waals surface area contributed by atoms with E-state index in [9.17, 15) is 15.0 Å². The Morgan fingerprint density at radius 2 is 2.12 bits per heavy atom. The summed E-state index contributed by atoms with van der Waals surface area (Å²) in [4.78, 5) is 18.8. The maximum Gasteiger partial charge on any atom is 0.251 e. The largest absolute Gasteiger partial charge is 0.388 e. The topological polar surface area (TPSA) is 94.9 Å². The second kappa shape index (κ2) is 6.48. The Hall–Kier alpha value is -1.70. The van der Waals surface area contributed by atoms with Crippen LogP contribution in [-0.4, -0.2) is 64.1 Å². The number of hydrogen-bond donors (Lipinski definition) is 3. The van der Waals surface area contributed by atoms with Crippen molar-refractivity contribution < 1.29 is 19.7 Å². The van der Waals surface area contributed by atoms with Crippen LogP contribution in [-0.2, 0) is 4.74 Å². The van der Waals surface area contributed by atoms with E-state index in [1.807, 2.05) is 6.07 Å². The number of piperidine rings is 1. The minimum atomic E-state index is -1.11. The van der Waals surface area contributed by atoms with Crippen LogP contribution in [0.25, 0.3) is 0 Å². The predicted molar refractivity (Wildman–Crippen MR) is 96.1 cm³/mol. The third-order valence-corrected chi connectivity index (χ3v) is 5.86. The van der Waals surface area contributed by atoms with Gasteiger partial charge in [0.1, 0.15) is 11.9 Å². The third-order valence-electron chi connectivity index (χ3n) is 5.86. The fraction of sp³-hybridized carbons (Fsp3) is 0.684. The Morgan fingerprint density at radius 3 is 2.77 bits per heavy atom. The van der Waals surface area contributed by atoms with Gasteiger partial charge in [0, 0.05) is 37.3 Å². The number of nitrogens with zero attached hydrogens (tertiary/aromatic N) is 2. The highest BCUT2D eigenvalue weighted by atomic mass is 16.5. The van der Waals surface area contributed by atoms with Crippen molar-refractivity contribution in [2.24, 2.45) is 0 Å². The molecule has 4 rings (SSSR count). The summed E-state index contributed by atoms with van der Waals surface area (Å²) >= 11 is 0. The van der Waals surface area contributed by atoms with Crippen molar-refractivity contribution in [3.05, 3.63) is 23.9 Å². The number of pyridine rings is 1. The minimum absolute atomic E-state index is 0.0368. The van der Waals surface area contributed by atoms with Gasteiger partial charge in [-0.05, 0) is 44.7 Å². The Labute approximate surface area is 153 Å². The summed E-state index contributed by atoms with van der Waals surface area (Å²) in [5.74, 6) is 0.760. The second-order valence-electron chi connectivity index (χ2n) is 8.18. The van der Waals surface area contributed by atoms with Crippen LogP contribution in [0.3, 0.4) is 0 Å². The number of hydrogen-bond acceptors (Lipinski definition) is 6. The number of rotatable bonds is 3. The molecule has 7 nitrogen and oxygen atoms in total. The van der Waals surface area contributed by atoms with Gasteiger partial charge < -0.3 is 25.2 Å². The van der Waals surface area contributed by atoms with Gasteiger partial charge in [-0.25, -0.2) is 4.98 Å². The van der Waals surface area contributed by atoms with Gasteiger partial charge in [0.05, 0.1) is 17.8 Å². The van der Waals surface area contributed by atoms with Crippen LogP contribution < -0.4 is 10.2 Å².